The van der Waals surface area contributed by atoms with Gasteiger partial charge in [0.1, 0.15) is 11.6 Å². The van der Waals surface area contributed by atoms with Crippen LogP contribution in [0.1, 0.15) is 34.7 Å². The van der Waals surface area contributed by atoms with Gasteiger partial charge in [0.05, 0.1) is 30.2 Å². The Hall–Kier alpha value is -3.40. The first kappa shape index (κ1) is 23.3. The van der Waals surface area contributed by atoms with Gasteiger partial charge in [-0.3, -0.25) is 9.59 Å². The van der Waals surface area contributed by atoms with Crippen LogP contribution in [0, 0.1) is 12.7 Å². The van der Waals surface area contributed by atoms with Crippen molar-refractivity contribution >= 4 is 29.3 Å². The molecule has 3 aromatic rings. The number of amides is 2. The molecule has 0 saturated carbocycles. The van der Waals surface area contributed by atoms with E-state index in [1.807, 2.05) is 19.1 Å². The van der Waals surface area contributed by atoms with Gasteiger partial charge in [-0.15, -0.1) is 10.2 Å². The fourth-order valence-electron chi connectivity index (χ4n) is 3.05. The van der Waals surface area contributed by atoms with Crippen LogP contribution < -0.4 is 15.4 Å². The smallest absolute Gasteiger partial charge is 0.254 e. The lowest BCUT2D eigenvalue weighted by Gasteiger charge is -2.14. The van der Waals surface area contributed by atoms with E-state index < -0.39 is 17.8 Å². The number of thioether (sulfide) groups is 1. The van der Waals surface area contributed by atoms with Crippen LogP contribution in [0.5, 0.6) is 5.75 Å². The molecule has 1 heterocycles. The fourth-order valence-corrected chi connectivity index (χ4v) is 3.77. The monoisotopic (exact) mass is 457 g/mol. The van der Waals surface area contributed by atoms with E-state index in [0.29, 0.717) is 22.4 Å². The first-order valence-corrected chi connectivity index (χ1v) is 10.8. The van der Waals surface area contributed by atoms with Crippen molar-refractivity contribution in [2.24, 2.45) is 7.05 Å². The molecule has 0 spiro atoms. The summed E-state index contributed by atoms with van der Waals surface area (Å²) in [6, 6.07) is 10.8. The highest BCUT2D eigenvalue weighted by Crippen LogP contribution is 2.26. The van der Waals surface area contributed by atoms with Gasteiger partial charge in [-0.25, -0.2) is 4.39 Å². The number of ether oxygens (including phenoxy) is 1. The SMILES string of the molecule is COc1ccc(C)cc1NC(=O)CSc1nnc(C(C)NC(=O)c2ccccc2F)n1C. The minimum absolute atomic E-state index is 0.0423. The molecule has 168 valence electrons. The summed E-state index contributed by atoms with van der Waals surface area (Å²) in [7, 11) is 3.28. The van der Waals surface area contributed by atoms with Gasteiger partial charge in [-0.05, 0) is 43.7 Å². The first-order chi connectivity index (χ1) is 15.3. The molecule has 1 unspecified atom stereocenters. The number of anilines is 1. The predicted molar refractivity (Wildman–Crippen MR) is 120 cm³/mol. The van der Waals surface area contributed by atoms with Gasteiger partial charge < -0.3 is 19.9 Å². The Labute approximate surface area is 189 Å². The number of halogens is 1. The third kappa shape index (κ3) is 5.44. The molecule has 2 amide bonds. The molecule has 8 nitrogen and oxygen atoms in total. The Balaban J connectivity index is 1.61. The maximum Gasteiger partial charge on any atom is 0.254 e. The van der Waals surface area contributed by atoms with E-state index >= 15 is 0 Å². The second kappa shape index (κ2) is 10.3. The largest absolute Gasteiger partial charge is 0.495 e. The molecule has 0 bridgehead atoms. The number of carbonyl (C=O) groups excluding carboxylic acids is 2. The Kier molecular flexibility index (Phi) is 7.47. The van der Waals surface area contributed by atoms with Crippen LogP contribution >= 0.6 is 11.8 Å². The quantitative estimate of drug-likeness (QED) is 0.503. The van der Waals surface area contributed by atoms with E-state index in [-0.39, 0.29) is 17.2 Å². The third-order valence-electron chi connectivity index (χ3n) is 4.68. The second-order valence-electron chi connectivity index (χ2n) is 7.12. The van der Waals surface area contributed by atoms with Crippen molar-refractivity contribution in [3.8, 4) is 5.75 Å². The maximum absolute atomic E-state index is 13.8. The van der Waals surface area contributed by atoms with Crippen LogP contribution in [0.15, 0.2) is 47.6 Å². The van der Waals surface area contributed by atoms with Crippen molar-refractivity contribution in [1.29, 1.82) is 0 Å². The highest BCUT2D eigenvalue weighted by Gasteiger charge is 2.20. The summed E-state index contributed by atoms with van der Waals surface area (Å²) < 4.78 is 20.8. The van der Waals surface area contributed by atoms with E-state index in [4.69, 9.17) is 4.74 Å². The number of aromatic nitrogens is 3. The van der Waals surface area contributed by atoms with Gasteiger partial charge in [0, 0.05) is 7.05 Å². The molecule has 0 aliphatic carbocycles. The summed E-state index contributed by atoms with van der Waals surface area (Å²) in [6.07, 6.45) is 0. The Morgan fingerprint density at radius 2 is 1.97 bits per heavy atom. The molecule has 32 heavy (non-hydrogen) atoms. The van der Waals surface area contributed by atoms with Crippen LogP contribution in [-0.4, -0.2) is 39.4 Å². The summed E-state index contributed by atoms with van der Waals surface area (Å²) in [6.45, 7) is 3.66. The van der Waals surface area contributed by atoms with Gasteiger partial charge in [0.15, 0.2) is 11.0 Å². The van der Waals surface area contributed by atoms with Crippen molar-refractivity contribution in [1.82, 2.24) is 20.1 Å². The van der Waals surface area contributed by atoms with E-state index in [1.165, 1.54) is 30.0 Å². The molecule has 2 aromatic carbocycles. The van der Waals surface area contributed by atoms with Crippen molar-refractivity contribution in [2.75, 3.05) is 18.2 Å². The number of hydrogen-bond acceptors (Lipinski definition) is 6. The molecule has 1 aromatic heterocycles. The Bertz CT molecular complexity index is 1130. The molecule has 1 atom stereocenters. The highest BCUT2D eigenvalue weighted by atomic mass is 32.2. The zero-order valence-electron chi connectivity index (χ0n) is 18.2. The lowest BCUT2D eigenvalue weighted by Crippen LogP contribution is -2.29. The van der Waals surface area contributed by atoms with E-state index in [2.05, 4.69) is 20.8 Å². The van der Waals surface area contributed by atoms with Crippen LogP contribution in [0.3, 0.4) is 0 Å². The van der Waals surface area contributed by atoms with Crippen molar-refractivity contribution in [3.05, 3.63) is 65.2 Å². The number of methoxy groups -OCH3 is 1. The Morgan fingerprint density at radius 1 is 1.22 bits per heavy atom. The summed E-state index contributed by atoms with van der Waals surface area (Å²) in [5, 5.41) is 14.3. The minimum atomic E-state index is -0.595. The van der Waals surface area contributed by atoms with Crippen LogP contribution in [0.4, 0.5) is 10.1 Å². The second-order valence-corrected chi connectivity index (χ2v) is 8.06. The number of carbonyl (C=O) groups is 2. The summed E-state index contributed by atoms with van der Waals surface area (Å²) >= 11 is 1.21. The highest BCUT2D eigenvalue weighted by molar-refractivity contribution is 7.99. The number of benzene rings is 2. The number of nitrogens with zero attached hydrogens (tertiary/aromatic N) is 3. The van der Waals surface area contributed by atoms with Crippen molar-refractivity contribution < 1.29 is 18.7 Å². The molecule has 0 radical (unpaired) electrons. The van der Waals surface area contributed by atoms with Crippen LogP contribution in [-0.2, 0) is 11.8 Å². The first-order valence-electron chi connectivity index (χ1n) is 9.82. The zero-order chi connectivity index (χ0) is 23.3. The number of hydrogen-bond donors (Lipinski definition) is 2. The standard InChI is InChI=1S/C22H24FN5O3S/c1-13-9-10-18(31-4)17(11-13)25-19(29)12-32-22-27-26-20(28(22)3)14(2)24-21(30)15-7-5-6-8-16(15)23/h5-11,14H,12H2,1-4H3,(H,24,30)(H,25,29). The van der Waals surface area contributed by atoms with E-state index in [1.54, 1.807) is 37.8 Å². The number of aryl methyl sites for hydroxylation is 1. The molecule has 0 aliphatic rings. The topological polar surface area (TPSA) is 98.1 Å². The van der Waals surface area contributed by atoms with Crippen molar-refractivity contribution in [2.45, 2.75) is 25.0 Å². The van der Waals surface area contributed by atoms with Gasteiger partial charge in [-0.1, -0.05) is 30.0 Å². The average molecular weight is 458 g/mol. The Morgan fingerprint density at radius 3 is 2.69 bits per heavy atom. The molecule has 10 heteroatoms. The lowest BCUT2D eigenvalue weighted by molar-refractivity contribution is -0.113. The van der Waals surface area contributed by atoms with Gasteiger partial charge in [-0.2, -0.15) is 0 Å². The summed E-state index contributed by atoms with van der Waals surface area (Å²) in [4.78, 5) is 24.8. The normalized spacial score (nSPS) is 11.7. The number of rotatable bonds is 8. The lowest BCUT2D eigenvalue weighted by atomic mass is 10.2. The average Bonchev–Trinajstić information content (AvgIpc) is 3.13. The molecular weight excluding hydrogens is 433 g/mol. The maximum atomic E-state index is 13.8. The molecule has 0 aliphatic heterocycles. The van der Waals surface area contributed by atoms with Crippen LogP contribution in [0.2, 0.25) is 0 Å². The van der Waals surface area contributed by atoms with Gasteiger partial charge in [0.2, 0.25) is 5.91 Å². The minimum Gasteiger partial charge on any atom is -0.495 e. The molecule has 2 N–H and O–H groups in total. The molecular formula is C22H24FN5O3S. The molecule has 0 saturated heterocycles. The number of nitrogens with one attached hydrogen (secondary N) is 2. The molecule has 3 rings (SSSR count). The zero-order valence-corrected chi connectivity index (χ0v) is 19.0. The fraction of sp³-hybridized carbons (Fsp3) is 0.273. The predicted octanol–water partition coefficient (Wildman–Crippen LogP) is 3.49. The van der Waals surface area contributed by atoms with E-state index in [0.717, 1.165) is 5.56 Å². The van der Waals surface area contributed by atoms with Gasteiger partial charge in [0.25, 0.3) is 5.91 Å². The summed E-state index contributed by atoms with van der Waals surface area (Å²) in [5.74, 6) is -0.183. The van der Waals surface area contributed by atoms with Gasteiger partial charge >= 0.3 is 0 Å². The third-order valence-corrected chi connectivity index (χ3v) is 5.70. The van der Waals surface area contributed by atoms with Crippen molar-refractivity contribution in [3.63, 3.8) is 0 Å². The summed E-state index contributed by atoms with van der Waals surface area (Å²) in [5.41, 5.74) is 1.55. The van der Waals surface area contributed by atoms with E-state index in [9.17, 15) is 14.0 Å². The van der Waals surface area contributed by atoms with Crippen LogP contribution in [0.25, 0.3) is 0 Å². The molecule has 0 fully saturated rings.